The number of piperidine rings is 1. The average Bonchev–Trinajstić information content (AvgIpc) is 2.70. The van der Waals surface area contributed by atoms with E-state index in [0.29, 0.717) is 24.0 Å². The first-order valence-electron chi connectivity index (χ1n) is 8.84. The second-order valence-electron chi connectivity index (χ2n) is 6.70. The molecule has 0 saturated carbocycles. The number of carbonyl (C=O) groups is 1. The summed E-state index contributed by atoms with van der Waals surface area (Å²) in [6.07, 6.45) is 3.14. The Bertz CT molecular complexity index is 1130. The smallest absolute Gasteiger partial charge is 0.274 e. The highest BCUT2D eigenvalue weighted by atomic mass is 16.2. The Kier molecular flexibility index (Phi) is 4.31. The monoisotopic (exact) mass is 365 g/mol. The zero-order valence-corrected chi connectivity index (χ0v) is 14.9. The summed E-state index contributed by atoms with van der Waals surface area (Å²) in [5.74, 6) is -0.239. The van der Waals surface area contributed by atoms with Crippen molar-refractivity contribution in [1.29, 1.82) is 0 Å². The zero-order chi connectivity index (χ0) is 19.0. The third-order valence-corrected chi connectivity index (χ3v) is 4.95. The molecule has 4 rings (SSSR count). The number of likely N-dealkylation sites (tertiary alicyclic amines) is 1. The Hall–Kier alpha value is -3.29. The van der Waals surface area contributed by atoms with Gasteiger partial charge in [-0.25, -0.2) is 9.67 Å². The molecule has 1 aliphatic heterocycles. The summed E-state index contributed by atoms with van der Waals surface area (Å²) in [5.41, 5.74) is 0.524. The number of benzene rings is 1. The molecule has 1 atom stereocenters. The van der Waals surface area contributed by atoms with E-state index in [4.69, 9.17) is 0 Å². The van der Waals surface area contributed by atoms with Crippen molar-refractivity contribution >= 4 is 16.8 Å². The zero-order valence-electron chi connectivity index (χ0n) is 14.9. The minimum atomic E-state index is -0.267. The van der Waals surface area contributed by atoms with Crippen LogP contribution in [0.4, 0.5) is 0 Å². The fourth-order valence-corrected chi connectivity index (χ4v) is 3.49. The first kappa shape index (κ1) is 17.1. The molecule has 0 N–H and O–H groups in total. The van der Waals surface area contributed by atoms with Gasteiger partial charge in [0.15, 0.2) is 0 Å². The highest BCUT2D eigenvalue weighted by molar-refractivity contribution is 5.92. The van der Waals surface area contributed by atoms with Gasteiger partial charge >= 0.3 is 0 Å². The van der Waals surface area contributed by atoms with E-state index in [1.54, 1.807) is 21.9 Å². The molecule has 0 aliphatic carbocycles. The van der Waals surface area contributed by atoms with Gasteiger partial charge < -0.3 is 4.90 Å². The average molecular weight is 365 g/mol. The van der Waals surface area contributed by atoms with Crippen molar-refractivity contribution in [1.82, 2.24) is 24.2 Å². The highest BCUT2D eigenvalue weighted by Crippen LogP contribution is 2.21. The first-order valence-corrected chi connectivity index (χ1v) is 8.84. The van der Waals surface area contributed by atoms with Crippen molar-refractivity contribution in [2.24, 2.45) is 7.05 Å². The van der Waals surface area contributed by atoms with Crippen LogP contribution in [0, 0.1) is 0 Å². The molecule has 0 unspecified atom stereocenters. The van der Waals surface area contributed by atoms with Gasteiger partial charge in [0.05, 0.1) is 23.3 Å². The predicted molar refractivity (Wildman–Crippen MR) is 99.7 cm³/mol. The van der Waals surface area contributed by atoms with Crippen molar-refractivity contribution in [3.8, 4) is 0 Å². The summed E-state index contributed by atoms with van der Waals surface area (Å²) in [5, 5.41) is 4.61. The van der Waals surface area contributed by atoms with Gasteiger partial charge in [-0.15, -0.1) is 0 Å². The quantitative estimate of drug-likeness (QED) is 0.675. The van der Waals surface area contributed by atoms with Crippen LogP contribution in [0.5, 0.6) is 0 Å². The van der Waals surface area contributed by atoms with Gasteiger partial charge in [0.1, 0.15) is 5.69 Å². The maximum Gasteiger partial charge on any atom is 0.274 e. The number of rotatable bonds is 2. The lowest BCUT2D eigenvalue weighted by Crippen LogP contribution is -2.43. The van der Waals surface area contributed by atoms with E-state index in [1.165, 1.54) is 19.2 Å². The van der Waals surface area contributed by atoms with E-state index < -0.39 is 0 Å². The van der Waals surface area contributed by atoms with Crippen LogP contribution in [0.1, 0.15) is 29.4 Å². The van der Waals surface area contributed by atoms with Crippen LogP contribution in [0.2, 0.25) is 0 Å². The summed E-state index contributed by atoms with van der Waals surface area (Å²) in [4.78, 5) is 43.1. The number of aromatic nitrogens is 4. The number of carbonyl (C=O) groups excluding carboxylic acids is 1. The van der Waals surface area contributed by atoms with Gasteiger partial charge in [-0.2, -0.15) is 5.10 Å². The summed E-state index contributed by atoms with van der Waals surface area (Å²) >= 11 is 0. The summed E-state index contributed by atoms with van der Waals surface area (Å²) < 4.78 is 2.77. The molecule has 8 nitrogen and oxygen atoms in total. The minimum Gasteiger partial charge on any atom is -0.335 e. The summed E-state index contributed by atoms with van der Waals surface area (Å²) in [6.45, 7) is 0.999. The number of aryl methyl sites for hydroxylation is 1. The van der Waals surface area contributed by atoms with E-state index in [9.17, 15) is 14.4 Å². The van der Waals surface area contributed by atoms with Crippen molar-refractivity contribution in [3.05, 3.63) is 69.1 Å². The normalized spacial score (nSPS) is 17.2. The lowest BCUT2D eigenvalue weighted by molar-refractivity contribution is 0.0668. The number of para-hydroxylation sites is 1. The van der Waals surface area contributed by atoms with E-state index in [2.05, 4.69) is 10.1 Å². The van der Waals surface area contributed by atoms with E-state index in [1.807, 2.05) is 18.2 Å². The lowest BCUT2D eigenvalue weighted by Gasteiger charge is -2.33. The van der Waals surface area contributed by atoms with Crippen molar-refractivity contribution < 1.29 is 4.79 Å². The summed E-state index contributed by atoms with van der Waals surface area (Å²) in [7, 11) is 1.51. The number of fused-ring (bicyclic) bond motifs is 1. The number of amides is 1. The maximum atomic E-state index is 12.8. The molecule has 1 aliphatic rings. The molecule has 27 heavy (non-hydrogen) atoms. The fraction of sp³-hybridized carbons (Fsp3) is 0.316. The van der Waals surface area contributed by atoms with E-state index in [0.717, 1.165) is 17.5 Å². The van der Waals surface area contributed by atoms with Crippen LogP contribution in [-0.2, 0) is 7.05 Å². The molecule has 138 valence electrons. The Labute approximate surface area is 154 Å². The van der Waals surface area contributed by atoms with Gasteiger partial charge in [0, 0.05) is 26.2 Å². The Morgan fingerprint density at radius 3 is 2.78 bits per heavy atom. The molecule has 1 fully saturated rings. The SMILES string of the molecule is Cn1nc(C(=O)N2CCC[C@@H](n3cnc4ccccc4c3=O)C2)ccc1=O. The Morgan fingerprint density at radius 2 is 1.96 bits per heavy atom. The number of nitrogens with zero attached hydrogens (tertiary/aromatic N) is 5. The topological polar surface area (TPSA) is 90.1 Å². The van der Waals surface area contributed by atoms with Crippen molar-refractivity contribution in [3.63, 3.8) is 0 Å². The van der Waals surface area contributed by atoms with Gasteiger partial charge in [-0.1, -0.05) is 12.1 Å². The first-order chi connectivity index (χ1) is 13.0. The third-order valence-electron chi connectivity index (χ3n) is 4.95. The number of hydrogen-bond acceptors (Lipinski definition) is 5. The van der Waals surface area contributed by atoms with Crippen LogP contribution >= 0.6 is 0 Å². The van der Waals surface area contributed by atoms with Gasteiger partial charge in [-0.05, 0) is 31.0 Å². The molecule has 3 heterocycles. The Balaban J connectivity index is 1.62. The van der Waals surface area contributed by atoms with Gasteiger partial charge in [0.2, 0.25) is 0 Å². The predicted octanol–water partition coefficient (Wildman–Crippen LogP) is 0.967. The van der Waals surface area contributed by atoms with Gasteiger partial charge in [0.25, 0.3) is 17.0 Å². The van der Waals surface area contributed by atoms with Crippen LogP contribution < -0.4 is 11.1 Å². The highest BCUT2D eigenvalue weighted by Gasteiger charge is 2.27. The molecule has 1 aromatic carbocycles. The molecule has 0 radical (unpaired) electrons. The molecule has 8 heteroatoms. The van der Waals surface area contributed by atoms with Crippen LogP contribution in [-0.4, -0.2) is 43.2 Å². The minimum absolute atomic E-state index is 0.0971. The maximum absolute atomic E-state index is 12.8. The molecule has 2 aromatic heterocycles. The Morgan fingerprint density at radius 1 is 1.15 bits per heavy atom. The molecular formula is C19H19N5O3. The molecule has 3 aromatic rings. The molecule has 1 saturated heterocycles. The third kappa shape index (κ3) is 3.14. The summed E-state index contributed by atoms with van der Waals surface area (Å²) in [6, 6.07) is 9.87. The van der Waals surface area contributed by atoms with E-state index >= 15 is 0 Å². The molecule has 0 spiro atoms. The lowest BCUT2D eigenvalue weighted by atomic mass is 10.0. The van der Waals surface area contributed by atoms with E-state index in [-0.39, 0.29) is 28.8 Å². The molecular weight excluding hydrogens is 346 g/mol. The van der Waals surface area contributed by atoms with Crippen LogP contribution in [0.15, 0.2) is 52.3 Å². The fourth-order valence-electron chi connectivity index (χ4n) is 3.49. The largest absolute Gasteiger partial charge is 0.335 e. The number of hydrogen-bond donors (Lipinski definition) is 0. The molecule has 1 amide bonds. The van der Waals surface area contributed by atoms with Crippen LogP contribution in [0.25, 0.3) is 10.9 Å². The van der Waals surface area contributed by atoms with Crippen molar-refractivity contribution in [2.75, 3.05) is 13.1 Å². The van der Waals surface area contributed by atoms with Crippen LogP contribution in [0.3, 0.4) is 0 Å². The standard InChI is InChI=1S/C19H19N5O3/c1-22-17(25)9-8-16(21-22)19(27)23-10-4-5-13(11-23)24-12-20-15-7-3-2-6-14(15)18(24)26/h2-3,6-9,12-13H,4-5,10-11H2,1H3/t13-/m1/s1. The van der Waals surface area contributed by atoms with Crippen molar-refractivity contribution in [2.45, 2.75) is 18.9 Å². The molecule has 0 bridgehead atoms. The second-order valence-corrected chi connectivity index (χ2v) is 6.70. The van der Waals surface area contributed by atoms with Gasteiger partial charge in [-0.3, -0.25) is 19.0 Å². The second kappa shape index (κ2) is 6.79.